The van der Waals surface area contributed by atoms with Crippen LogP contribution in [0.25, 0.3) is 0 Å². The molecule has 0 radical (unpaired) electrons. The number of rotatable bonds is 4. The van der Waals surface area contributed by atoms with Crippen molar-refractivity contribution in [1.82, 2.24) is 0 Å². The van der Waals surface area contributed by atoms with Crippen molar-refractivity contribution in [1.29, 1.82) is 10.5 Å². The van der Waals surface area contributed by atoms with Gasteiger partial charge in [0, 0.05) is 0 Å². The SMILES string of the molecule is CCC(C#N)(CC)C(=O)Nc1cc(C#N)ccc1Cl. The molecule has 0 bridgehead atoms. The van der Waals surface area contributed by atoms with Crippen molar-refractivity contribution < 1.29 is 4.79 Å². The fraction of sp³-hybridized carbons (Fsp3) is 0.357. The third-order valence-corrected chi connectivity index (χ3v) is 3.53. The van der Waals surface area contributed by atoms with E-state index in [9.17, 15) is 10.1 Å². The molecule has 1 amide bonds. The molecule has 5 heteroatoms. The summed E-state index contributed by atoms with van der Waals surface area (Å²) in [6, 6.07) is 8.64. The van der Waals surface area contributed by atoms with Gasteiger partial charge in [0.15, 0.2) is 0 Å². The van der Waals surface area contributed by atoms with Crippen LogP contribution in [0.15, 0.2) is 18.2 Å². The van der Waals surface area contributed by atoms with Gasteiger partial charge in [-0.05, 0) is 31.0 Å². The van der Waals surface area contributed by atoms with Crippen molar-refractivity contribution in [2.75, 3.05) is 5.32 Å². The van der Waals surface area contributed by atoms with Crippen molar-refractivity contribution in [3.05, 3.63) is 28.8 Å². The number of halogens is 1. The molecule has 1 N–H and O–H groups in total. The molecule has 4 nitrogen and oxygen atoms in total. The quantitative estimate of drug-likeness (QED) is 0.914. The highest BCUT2D eigenvalue weighted by molar-refractivity contribution is 6.33. The van der Waals surface area contributed by atoms with E-state index >= 15 is 0 Å². The molecule has 1 aromatic rings. The van der Waals surface area contributed by atoms with Crippen LogP contribution in [-0.2, 0) is 4.79 Å². The number of nitrogens with one attached hydrogen (secondary N) is 1. The maximum Gasteiger partial charge on any atom is 0.244 e. The van der Waals surface area contributed by atoms with E-state index < -0.39 is 11.3 Å². The van der Waals surface area contributed by atoms with Crippen molar-refractivity contribution in [2.24, 2.45) is 5.41 Å². The molecular weight excluding hydrogens is 262 g/mol. The van der Waals surface area contributed by atoms with Crippen LogP contribution in [0.2, 0.25) is 5.02 Å². The molecule has 1 aromatic carbocycles. The number of hydrogen-bond acceptors (Lipinski definition) is 3. The Morgan fingerprint density at radius 2 is 2.00 bits per heavy atom. The van der Waals surface area contributed by atoms with Crippen LogP contribution in [0.5, 0.6) is 0 Å². The lowest BCUT2D eigenvalue weighted by Gasteiger charge is -2.22. The summed E-state index contributed by atoms with van der Waals surface area (Å²) < 4.78 is 0. The summed E-state index contributed by atoms with van der Waals surface area (Å²) in [6.07, 6.45) is 0.836. The number of anilines is 1. The molecule has 0 saturated heterocycles. The Bertz CT molecular complexity index is 565. The van der Waals surface area contributed by atoms with E-state index in [0.29, 0.717) is 29.1 Å². The largest absolute Gasteiger partial charge is 0.323 e. The summed E-state index contributed by atoms with van der Waals surface area (Å²) in [5, 5.41) is 21.0. The van der Waals surface area contributed by atoms with E-state index in [1.165, 1.54) is 6.07 Å². The molecule has 0 aliphatic rings. The van der Waals surface area contributed by atoms with Gasteiger partial charge in [0.2, 0.25) is 5.91 Å². The normalized spacial score (nSPS) is 10.4. The number of hydrogen-bond donors (Lipinski definition) is 1. The molecule has 0 spiro atoms. The Morgan fingerprint density at radius 1 is 1.37 bits per heavy atom. The Labute approximate surface area is 117 Å². The zero-order chi connectivity index (χ0) is 14.5. The Hall–Kier alpha value is -2.04. The molecule has 98 valence electrons. The third-order valence-electron chi connectivity index (χ3n) is 3.20. The van der Waals surface area contributed by atoms with Gasteiger partial charge in [-0.3, -0.25) is 4.79 Å². The van der Waals surface area contributed by atoms with Crippen molar-refractivity contribution >= 4 is 23.2 Å². The first-order chi connectivity index (χ1) is 9.02. The first-order valence-corrected chi connectivity index (χ1v) is 6.33. The Kier molecular flexibility index (Phi) is 4.92. The van der Waals surface area contributed by atoms with Crippen LogP contribution >= 0.6 is 11.6 Å². The molecule has 0 aromatic heterocycles. The van der Waals surface area contributed by atoms with Gasteiger partial charge >= 0.3 is 0 Å². The van der Waals surface area contributed by atoms with Crippen LogP contribution in [0, 0.1) is 28.1 Å². The maximum atomic E-state index is 12.2. The van der Waals surface area contributed by atoms with E-state index in [2.05, 4.69) is 11.4 Å². The standard InChI is InChI=1S/C14H14ClN3O/c1-3-14(4-2,9-17)13(19)18-12-7-10(8-16)5-6-11(12)15/h5-7H,3-4H2,1-2H3,(H,18,19). The number of carbonyl (C=O) groups is 1. The summed E-state index contributed by atoms with van der Waals surface area (Å²) >= 11 is 5.97. The Morgan fingerprint density at radius 3 is 2.47 bits per heavy atom. The van der Waals surface area contributed by atoms with Gasteiger partial charge in [0.25, 0.3) is 0 Å². The third kappa shape index (κ3) is 3.05. The number of carbonyl (C=O) groups excluding carboxylic acids is 1. The van der Waals surface area contributed by atoms with Crippen molar-refractivity contribution in [2.45, 2.75) is 26.7 Å². The van der Waals surface area contributed by atoms with Gasteiger partial charge in [-0.15, -0.1) is 0 Å². The van der Waals surface area contributed by atoms with E-state index in [1.807, 2.05) is 6.07 Å². The van der Waals surface area contributed by atoms with Crippen LogP contribution in [0.4, 0.5) is 5.69 Å². The van der Waals surface area contributed by atoms with E-state index in [1.54, 1.807) is 26.0 Å². The first kappa shape index (κ1) is 15.0. The molecule has 0 saturated carbocycles. The fourth-order valence-electron chi connectivity index (χ4n) is 1.71. The minimum absolute atomic E-state index is 0.339. The number of amides is 1. The molecule has 0 aliphatic carbocycles. The highest BCUT2D eigenvalue weighted by atomic mass is 35.5. The molecule has 0 heterocycles. The molecule has 0 unspecified atom stereocenters. The second-order valence-corrected chi connectivity index (χ2v) is 4.57. The van der Waals surface area contributed by atoms with Crippen molar-refractivity contribution in [3.8, 4) is 12.1 Å². The Balaban J connectivity index is 3.07. The lowest BCUT2D eigenvalue weighted by atomic mass is 9.83. The lowest BCUT2D eigenvalue weighted by molar-refractivity contribution is -0.123. The van der Waals surface area contributed by atoms with Crippen LogP contribution in [-0.4, -0.2) is 5.91 Å². The molecule has 0 fully saturated rings. The fourth-order valence-corrected chi connectivity index (χ4v) is 1.88. The lowest BCUT2D eigenvalue weighted by Crippen LogP contribution is -2.34. The van der Waals surface area contributed by atoms with Gasteiger partial charge in [-0.1, -0.05) is 25.4 Å². The number of nitriles is 2. The maximum absolute atomic E-state index is 12.2. The van der Waals surface area contributed by atoms with E-state index in [4.69, 9.17) is 16.9 Å². The minimum atomic E-state index is -1.06. The average Bonchev–Trinajstić information content (AvgIpc) is 2.44. The van der Waals surface area contributed by atoms with Gasteiger partial charge in [-0.25, -0.2) is 0 Å². The van der Waals surface area contributed by atoms with Gasteiger partial charge < -0.3 is 5.32 Å². The molecule has 0 atom stereocenters. The van der Waals surface area contributed by atoms with Crippen LogP contribution < -0.4 is 5.32 Å². The van der Waals surface area contributed by atoms with E-state index in [-0.39, 0.29) is 0 Å². The second-order valence-electron chi connectivity index (χ2n) is 4.16. The molecular formula is C14H14ClN3O. The van der Waals surface area contributed by atoms with Crippen LogP contribution in [0.1, 0.15) is 32.3 Å². The topological polar surface area (TPSA) is 76.7 Å². The smallest absolute Gasteiger partial charge is 0.244 e. The predicted molar refractivity (Wildman–Crippen MR) is 73.4 cm³/mol. The molecule has 0 aliphatic heterocycles. The average molecular weight is 276 g/mol. The zero-order valence-electron chi connectivity index (χ0n) is 10.8. The number of nitrogens with zero attached hydrogens (tertiary/aromatic N) is 2. The van der Waals surface area contributed by atoms with E-state index in [0.717, 1.165) is 0 Å². The van der Waals surface area contributed by atoms with Crippen molar-refractivity contribution in [3.63, 3.8) is 0 Å². The van der Waals surface area contributed by atoms with Gasteiger partial charge in [-0.2, -0.15) is 10.5 Å². The monoisotopic (exact) mass is 275 g/mol. The molecule has 1 rings (SSSR count). The summed E-state index contributed by atoms with van der Waals surface area (Å²) in [6.45, 7) is 3.58. The van der Waals surface area contributed by atoms with Gasteiger partial charge in [0.1, 0.15) is 5.41 Å². The highest BCUT2D eigenvalue weighted by Crippen LogP contribution is 2.29. The van der Waals surface area contributed by atoms with Crippen LogP contribution in [0.3, 0.4) is 0 Å². The highest BCUT2D eigenvalue weighted by Gasteiger charge is 2.35. The predicted octanol–water partition coefficient (Wildman–Crippen LogP) is 3.48. The summed E-state index contributed by atoms with van der Waals surface area (Å²) in [7, 11) is 0. The molecule has 19 heavy (non-hydrogen) atoms. The first-order valence-electron chi connectivity index (χ1n) is 5.95. The van der Waals surface area contributed by atoms with Gasteiger partial charge in [0.05, 0.1) is 28.4 Å². The minimum Gasteiger partial charge on any atom is -0.323 e. The summed E-state index contributed by atoms with van der Waals surface area (Å²) in [5.41, 5.74) is -0.311. The summed E-state index contributed by atoms with van der Waals surface area (Å²) in [5.74, 6) is -0.392. The zero-order valence-corrected chi connectivity index (χ0v) is 11.6. The second kappa shape index (κ2) is 6.22. The number of benzene rings is 1. The summed E-state index contributed by atoms with van der Waals surface area (Å²) in [4.78, 5) is 12.2.